The van der Waals surface area contributed by atoms with Gasteiger partial charge in [-0.1, -0.05) is 18.2 Å². The molecule has 0 unspecified atom stereocenters. The zero-order chi connectivity index (χ0) is 13.2. The van der Waals surface area contributed by atoms with E-state index in [-0.39, 0.29) is 0 Å². The lowest BCUT2D eigenvalue weighted by atomic mass is 10.1. The van der Waals surface area contributed by atoms with Gasteiger partial charge in [0.15, 0.2) is 0 Å². The lowest BCUT2D eigenvalue weighted by Crippen LogP contribution is -2.13. The summed E-state index contributed by atoms with van der Waals surface area (Å²) < 4.78 is 0. The van der Waals surface area contributed by atoms with Crippen LogP contribution in [0.5, 0.6) is 0 Å². The average molecular weight is 249 g/mol. The number of hydrogen-bond donors (Lipinski definition) is 1. The predicted octanol–water partition coefficient (Wildman–Crippen LogP) is 3.03. The monoisotopic (exact) mass is 249 g/mol. The van der Waals surface area contributed by atoms with Crippen LogP contribution in [0.4, 0.5) is 17.1 Å². The minimum Gasteiger partial charge on any atom is -0.398 e. The third kappa shape index (κ3) is 2.02. The highest BCUT2D eigenvalue weighted by Crippen LogP contribution is 2.35. The van der Waals surface area contributed by atoms with Crippen molar-refractivity contribution in [3.63, 3.8) is 0 Å². The molecule has 0 atom stereocenters. The number of para-hydroxylation sites is 1. The molecule has 0 amide bonds. The van der Waals surface area contributed by atoms with E-state index in [1.807, 2.05) is 18.2 Å². The molecule has 1 aliphatic heterocycles. The second kappa shape index (κ2) is 4.66. The number of nitrogens with zero attached hydrogens (tertiary/aromatic N) is 2. The van der Waals surface area contributed by atoms with Gasteiger partial charge in [0.1, 0.15) is 0 Å². The molecule has 94 valence electrons. The van der Waals surface area contributed by atoms with Crippen molar-refractivity contribution < 1.29 is 0 Å². The van der Waals surface area contributed by atoms with Crippen molar-refractivity contribution in [1.29, 1.82) is 5.26 Å². The molecule has 0 bridgehead atoms. The van der Waals surface area contributed by atoms with Crippen LogP contribution in [-0.4, -0.2) is 6.54 Å². The highest BCUT2D eigenvalue weighted by atomic mass is 15.2. The van der Waals surface area contributed by atoms with Gasteiger partial charge in [0.05, 0.1) is 12.5 Å². The largest absolute Gasteiger partial charge is 0.398 e. The zero-order valence-electron chi connectivity index (χ0n) is 10.6. The molecule has 0 aromatic heterocycles. The second-order valence-corrected chi connectivity index (χ2v) is 4.75. The number of hydrogen-bond acceptors (Lipinski definition) is 3. The molecule has 0 saturated heterocycles. The molecule has 2 aromatic rings. The molecule has 2 N–H and O–H groups in total. The van der Waals surface area contributed by atoms with E-state index >= 15 is 0 Å². The maximum Gasteiger partial charge on any atom is 0.0670 e. The van der Waals surface area contributed by atoms with E-state index in [4.69, 9.17) is 11.0 Å². The fraction of sp³-hybridized carbons (Fsp3) is 0.188. The summed E-state index contributed by atoms with van der Waals surface area (Å²) in [6, 6.07) is 16.6. The van der Waals surface area contributed by atoms with Crippen LogP contribution in [0.1, 0.15) is 11.1 Å². The van der Waals surface area contributed by atoms with Crippen molar-refractivity contribution in [2.45, 2.75) is 12.8 Å². The molecule has 0 radical (unpaired) electrons. The summed E-state index contributed by atoms with van der Waals surface area (Å²) in [5.74, 6) is 0. The molecular formula is C16H15N3. The van der Waals surface area contributed by atoms with Gasteiger partial charge in [0.2, 0.25) is 0 Å². The van der Waals surface area contributed by atoms with Crippen molar-refractivity contribution in [3.8, 4) is 6.07 Å². The molecule has 0 spiro atoms. The Balaban J connectivity index is 2.00. The van der Waals surface area contributed by atoms with Crippen LogP contribution in [0.2, 0.25) is 0 Å². The highest BCUT2D eigenvalue weighted by molar-refractivity contribution is 5.72. The van der Waals surface area contributed by atoms with Crippen molar-refractivity contribution in [2.24, 2.45) is 0 Å². The summed E-state index contributed by atoms with van der Waals surface area (Å²) in [5, 5.41) is 8.84. The van der Waals surface area contributed by atoms with E-state index < -0.39 is 0 Å². The summed E-state index contributed by atoms with van der Waals surface area (Å²) in [5.41, 5.74) is 11.2. The highest BCUT2D eigenvalue weighted by Gasteiger charge is 2.20. The first kappa shape index (κ1) is 11.6. The lowest BCUT2D eigenvalue weighted by molar-refractivity contribution is 0.996. The van der Waals surface area contributed by atoms with Crippen LogP contribution in [0, 0.1) is 11.3 Å². The van der Waals surface area contributed by atoms with E-state index in [1.54, 1.807) is 0 Å². The van der Waals surface area contributed by atoms with Crippen LogP contribution < -0.4 is 10.6 Å². The fourth-order valence-electron chi connectivity index (χ4n) is 2.60. The Bertz CT molecular complexity index is 655. The summed E-state index contributed by atoms with van der Waals surface area (Å²) in [7, 11) is 0. The maximum absolute atomic E-state index is 8.84. The molecule has 3 heteroatoms. The van der Waals surface area contributed by atoms with Crippen LogP contribution >= 0.6 is 0 Å². The first-order valence-electron chi connectivity index (χ1n) is 6.40. The van der Waals surface area contributed by atoms with Crippen LogP contribution in [-0.2, 0) is 12.8 Å². The molecule has 0 aliphatic carbocycles. The van der Waals surface area contributed by atoms with Crippen LogP contribution in [0.15, 0.2) is 42.5 Å². The summed E-state index contributed by atoms with van der Waals surface area (Å²) >= 11 is 0. The van der Waals surface area contributed by atoms with Crippen molar-refractivity contribution >= 4 is 17.1 Å². The standard InChI is InChI=1S/C16H15N3/c17-9-7-13-11-14(5-6-15(13)18)19-10-8-12-3-1-2-4-16(12)19/h1-6,11H,7-8,10,18H2. The molecule has 19 heavy (non-hydrogen) atoms. The number of nitriles is 1. The van der Waals surface area contributed by atoms with Gasteiger partial charge >= 0.3 is 0 Å². The number of rotatable bonds is 2. The zero-order valence-corrected chi connectivity index (χ0v) is 10.6. The molecule has 0 saturated carbocycles. The van der Waals surface area contributed by atoms with Gasteiger partial charge in [0, 0.05) is 23.6 Å². The number of fused-ring (bicyclic) bond motifs is 1. The van der Waals surface area contributed by atoms with Crippen molar-refractivity contribution in [2.75, 3.05) is 17.2 Å². The smallest absolute Gasteiger partial charge is 0.0670 e. The summed E-state index contributed by atoms with van der Waals surface area (Å²) in [6.45, 7) is 0.981. The lowest BCUT2D eigenvalue weighted by Gasteiger charge is -2.20. The average Bonchev–Trinajstić information content (AvgIpc) is 2.85. The van der Waals surface area contributed by atoms with Gasteiger partial charge in [-0.15, -0.1) is 0 Å². The minimum atomic E-state index is 0.356. The van der Waals surface area contributed by atoms with Gasteiger partial charge in [-0.2, -0.15) is 5.26 Å². The third-order valence-electron chi connectivity index (χ3n) is 3.59. The summed E-state index contributed by atoms with van der Waals surface area (Å²) in [6.07, 6.45) is 1.42. The first-order chi connectivity index (χ1) is 9.29. The Kier molecular flexibility index (Phi) is 2.85. The Labute approximate surface area is 112 Å². The predicted molar refractivity (Wildman–Crippen MR) is 77.3 cm³/mol. The molecular weight excluding hydrogens is 234 g/mol. The Morgan fingerprint density at radius 1 is 1.21 bits per heavy atom. The van der Waals surface area contributed by atoms with Crippen LogP contribution in [0.3, 0.4) is 0 Å². The normalized spacial score (nSPS) is 13.1. The van der Waals surface area contributed by atoms with Gasteiger partial charge < -0.3 is 10.6 Å². The van der Waals surface area contributed by atoms with Crippen molar-refractivity contribution in [1.82, 2.24) is 0 Å². The summed E-state index contributed by atoms with van der Waals surface area (Å²) in [4.78, 5) is 2.29. The van der Waals surface area contributed by atoms with Gasteiger partial charge in [-0.25, -0.2) is 0 Å². The van der Waals surface area contributed by atoms with E-state index in [0.717, 1.165) is 24.2 Å². The molecule has 2 aromatic carbocycles. The van der Waals surface area contributed by atoms with Crippen molar-refractivity contribution in [3.05, 3.63) is 53.6 Å². The van der Waals surface area contributed by atoms with E-state index in [1.165, 1.54) is 11.3 Å². The number of nitrogen functional groups attached to an aromatic ring is 1. The third-order valence-corrected chi connectivity index (χ3v) is 3.59. The number of benzene rings is 2. The Hall–Kier alpha value is -2.47. The Morgan fingerprint density at radius 2 is 2.05 bits per heavy atom. The van der Waals surface area contributed by atoms with E-state index in [9.17, 15) is 0 Å². The quantitative estimate of drug-likeness (QED) is 0.832. The van der Waals surface area contributed by atoms with E-state index in [2.05, 4.69) is 35.2 Å². The van der Waals surface area contributed by atoms with E-state index in [0.29, 0.717) is 12.1 Å². The fourth-order valence-corrected chi connectivity index (χ4v) is 2.60. The maximum atomic E-state index is 8.84. The molecule has 1 heterocycles. The SMILES string of the molecule is N#CCc1cc(N2CCc3ccccc32)ccc1N. The molecule has 3 rings (SSSR count). The second-order valence-electron chi connectivity index (χ2n) is 4.75. The molecule has 0 fully saturated rings. The van der Waals surface area contributed by atoms with Gasteiger partial charge in [-0.3, -0.25) is 0 Å². The Morgan fingerprint density at radius 3 is 2.89 bits per heavy atom. The topological polar surface area (TPSA) is 53.0 Å². The first-order valence-corrected chi connectivity index (χ1v) is 6.40. The molecule has 3 nitrogen and oxygen atoms in total. The number of anilines is 3. The number of nitrogens with two attached hydrogens (primary N) is 1. The minimum absolute atomic E-state index is 0.356. The molecule has 1 aliphatic rings. The van der Waals surface area contributed by atoms with Crippen LogP contribution in [0.25, 0.3) is 0 Å². The van der Waals surface area contributed by atoms with Gasteiger partial charge in [0.25, 0.3) is 0 Å². The van der Waals surface area contributed by atoms with Gasteiger partial charge in [-0.05, 0) is 41.8 Å².